The molecule has 0 radical (unpaired) electrons. The Hall–Kier alpha value is -1.49. The molecule has 2 atom stereocenters. The number of benzene rings is 1. The van der Waals surface area contributed by atoms with Crippen LogP contribution in [-0.2, 0) is 4.79 Å². The fourth-order valence-electron chi connectivity index (χ4n) is 2.24. The Balaban J connectivity index is 2.11. The van der Waals surface area contributed by atoms with Crippen molar-refractivity contribution in [3.63, 3.8) is 0 Å². The lowest BCUT2D eigenvalue weighted by Gasteiger charge is -2.28. The summed E-state index contributed by atoms with van der Waals surface area (Å²) in [5.74, 6) is -2.09. The maximum atomic E-state index is 13.4. The molecule has 1 amide bonds. The first kappa shape index (κ1) is 13.0. The maximum absolute atomic E-state index is 13.4. The van der Waals surface area contributed by atoms with Gasteiger partial charge in [-0.05, 0) is 38.4 Å². The summed E-state index contributed by atoms with van der Waals surface area (Å²) in [5.41, 5.74) is -0.361. The second-order valence-corrected chi connectivity index (χ2v) is 4.58. The van der Waals surface area contributed by atoms with Crippen LogP contribution in [0.15, 0.2) is 18.2 Å². The van der Waals surface area contributed by atoms with Crippen molar-refractivity contribution < 1.29 is 13.6 Å². The molecule has 5 heteroatoms. The van der Waals surface area contributed by atoms with Gasteiger partial charge in [0.15, 0.2) is 0 Å². The van der Waals surface area contributed by atoms with Crippen LogP contribution in [0, 0.1) is 17.6 Å². The minimum Gasteiger partial charge on any atom is -0.321 e. The van der Waals surface area contributed by atoms with E-state index < -0.39 is 11.6 Å². The van der Waals surface area contributed by atoms with Crippen molar-refractivity contribution in [2.45, 2.75) is 25.8 Å². The quantitative estimate of drug-likeness (QED) is 0.850. The van der Waals surface area contributed by atoms with Gasteiger partial charge in [-0.3, -0.25) is 4.79 Å². The Bertz CT molecular complexity index is 430. The molecule has 1 aliphatic heterocycles. The van der Waals surface area contributed by atoms with E-state index in [1.165, 1.54) is 6.07 Å². The highest BCUT2D eigenvalue weighted by atomic mass is 19.1. The Morgan fingerprint density at radius 2 is 2.06 bits per heavy atom. The molecule has 0 saturated carbocycles. The van der Waals surface area contributed by atoms with Crippen LogP contribution >= 0.6 is 0 Å². The highest BCUT2D eigenvalue weighted by molar-refractivity contribution is 5.93. The number of piperidine rings is 1. The molecular weight excluding hydrogens is 238 g/mol. The molecule has 1 aromatic rings. The number of rotatable bonds is 2. The van der Waals surface area contributed by atoms with Crippen LogP contribution in [0.5, 0.6) is 0 Å². The van der Waals surface area contributed by atoms with Crippen molar-refractivity contribution >= 4 is 11.6 Å². The lowest BCUT2D eigenvalue weighted by molar-refractivity contribution is -0.121. The number of nitrogens with one attached hydrogen (secondary N) is 2. The zero-order chi connectivity index (χ0) is 13.1. The standard InChI is InChI=1S/C13H16F2N2O/c1-8-9(4-3-7-16-8)13(18)17-12-10(14)5-2-6-11(12)15/h2,5-6,8-9,16H,3-4,7H2,1H3,(H,17,18). The minimum absolute atomic E-state index is 0.0218. The second kappa shape index (κ2) is 5.44. The van der Waals surface area contributed by atoms with Gasteiger partial charge in [0.2, 0.25) is 5.91 Å². The molecule has 98 valence electrons. The average molecular weight is 254 g/mol. The zero-order valence-corrected chi connectivity index (χ0v) is 10.2. The van der Waals surface area contributed by atoms with Crippen LogP contribution in [0.4, 0.5) is 14.5 Å². The van der Waals surface area contributed by atoms with Crippen LogP contribution in [0.3, 0.4) is 0 Å². The SMILES string of the molecule is CC1NCCCC1C(=O)Nc1c(F)cccc1F. The van der Waals surface area contributed by atoms with E-state index in [1.807, 2.05) is 6.92 Å². The highest BCUT2D eigenvalue weighted by Gasteiger charge is 2.28. The van der Waals surface area contributed by atoms with E-state index in [0.29, 0.717) is 0 Å². The van der Waals surface area contributed by atoms with E-state index in [0.717, 1.165) is 31.5 Å². The highest BCUT2D eigenvalue weighted by Crippen LogP contribution is 2.22. The summed E-state index contributed by atoms with van der Waals surface area (Å²) >= 11 is 0. The third-order valence-corrected chi connectivity index (χ3v) is 3.31. The molecule has 1 saturated heterocycles. The Morgan fingerprint density at radius 3 is 2.67 bits per heavy atom. The topological polar surface area (TPSA) is 41.1 Å². The number of hydrogen-bond donors (Lipinski definition) is 2. The number of anilines is 1. The molecule has 1 aliphatic rings. The molecule has 1 aromatic carbocycles. The lowest BCUT2D eigenvalue weighted by atomic mass is 9.91. The van der Waals surface area contributed by atoms with Crippen molar-refractivity contribution in [1.82, 2.24) is 5.32 Å². The number of hydrogen-bond acceptors (Lipinski definition) is 2. The molecule has 3 nitrogen and oxygen atoms in total. The van der Waals surface area contributed by atoms with Crippen LogP contribution < -0.4 is 10.6 Å². The van der Waals surface area contributed by atoms with E-state index in [-0.39, 0.29) is 23.6 Å². The van der Waals surface area contributed by atoms with E-state index in [2.05, 4.69) is 10.6 Å². The van der Waals surface area contributed by atoms with Gasteiger partial charge in [0.05, 0.1) is 5.92 Å². The Morgan fingerprint density at radius 1 is 1.39 bits per heavy atom. The number of carbonyl (C=O) groups is 1. The molecule has 18 heavy (non-hydrogen) atoms. The van der Waals surface area contributed by atoms with Crippen molar-refractivity contribution in [1.29, 1.82) is 0 Å². The smallest absolute Gasteiger partial charge is 0.229 e. The van der Waals surface area contributed by atoms with Crippen LogP contribution in [0.1, 0.15) is 19.8 Å². The summed E-state index contributed by atoms with van der Waals surface area (Å²) in [4.78, 5) is 12.0. The van der Waals surface area contributed by atoms with Gasteiger partial charge in [0.1, 0.15) is 17.3 Å². The molecule has 2 unspecified atom stereocenters. The minimum atomic E-state index is -0.750. The summed E-state index contributed by atoms with van der Waals surface area (Å²) in [5, 5.41) is 5.53. The summed E-state index contributed by atoms with van der Waals surface area (Å²) in [7, 11) is 0. The summed E-state index contributed by atoms with van der Waals surface area (Å²) in [6, 6.07) is 3.54. The fourth-order valence-corrected chi connectivity index (χ4v) is 2.24. The lowest BCUT2D eigenvalue weighted by Crippen LogP contribution is -2.44. The van der Waals surface area contributed by atoms with Crippen LogP contribution in [0.25, 0.3) is 0 Å². The van der Waals surface area contributed by atoms with E-state index in [4.69, 9.17) is 0 Å². The van der Waals surface area contributed by atoms with Gasteiger partial charge in [0, 0.05) is 6.04 Å². The van der Waals surface area contributed by atoms with Crippen molar-refractivity contribution in [3.8, 4) is 0 Å². The third-order valence-electron chi connectivity index (χ3n) is 3.31. The van der Waals surface area contributed by atoms with Gasteiger partial charge in [-0.15, -0.1) is 0 Å². The van der Waals surface area contributed by atoms with Crippen molar-refractivity contribution in [2.75, 3.05) is 11.9 Å². The molecule has 0 spiro atoms. The van der Waals surface area contributed by atoms with Gasteiger partial charge >= 0.3 is 0 Å². The second-order valence-electron chi connectivity index (χ2n) is 4.58. The largest absolute Gasteiger partial charge is 0.321 e. The molecule has 1 heterocycles. The summed E-state index contributed by atoms with van der Waals surface area (Å²) in [6.07, 6.45) is 1.62. The van der Waals surface area contributed by atoms with Crippen molar-refractivity contribution in [3.05, 3.63) is 29.8 Å². The number of halogens is 2. The number of para-hydroxylation sites is 1. The Kier molecular flexibility index (Phi) is 3.91. The molecule has 2 rings (SSSR count). The van der Waals surface area contributed by atoms with Gasteiger partial charge in [-0.2, -0.15) is 0 Å². The van der Waals surface area contributed by atoms with Gasteiger partial charge in [0.25, 0.3) is 0 Å². The van der Waals surface area contributed by atoms with E-state index >= 15 is 0 Å². The first-order valence-corrected chi connectivity index (χ1v) is 6.08. The summed E-state index contributed by atoms with van der Waals surface area (Å²) in [6.45, 7) is 2.78. The fraction of sp³-hybridized carbons (Fsp3) is 0.462. The third kappa shape index (κ3) is 2.67. The zero-order valence-electron chi connectivity index (χ0n) is 10.2. The van der Waals surface area contributed by atoms with Gasteiger partial charge in [-0.25, -0.2) is 8.78 Å². The monoisotopic (exact) mass is 254 g/mol. The van der Waals surface area contributed by atoms with Gasteiger partial charge < -0.3 is 10.6 Å². The van der Waals surface area contributed by atoms with Crippen LogP contribution in [0.2, 0.25) is 0 Å². The summed E-state index contributed by atoms with van der Waals surface area (Å²) < 4.78 is 26.8. The van der Waals surface area contributed by atoms with E-state index in [1.54, 1.807) is 0 Å². The molecule has 1 fully saturated rings. The predicted molar refractivity (Wildman–Crippen MR) is 65.2 cm³/mol. The predicted octanol–water partition coefficient (Wildman–Crippen LogP) is 2.29. The first-order valence-electron chi connectivity index (χ1n) is 6.08. The Labute approximate surface area is 105 Å². The molecule has 2 N–H and O–H groups in total. The molecular formula is C13H16F2N2O. The first-order chi connectivity index (χ1) is 8.59. The van der Waals surface area contributed by atoms with Crippen molar-refractivity contribution in [2.24, 2.45) is 5.92 Å². The van der Waals surface area contributed by atoms with E-state index in [9.17, 15) is 13.6 Å². The normalized spacial score (nSPS) is 23.7. The average Bonchev–Trinajstić information content (AvgIpc) is 2.34. The maximum Gasteiger partial charge on any atom is 0.229 e. The van der Waals surface area contributed by atoms with Gasteiger partial charge in [-0.1, -0.05) is 6.07 Å². The van der Waals surface area contributed by atoms with Crippen LogP contribution in [-0.4, -0.2) is 18.5 Å². The number of amides is 1. The molecule has 0 bridgehead atoms. The molecule has 0 aliphatic carbocycles. The molecule has 0 aromatic heterocycles. The number of carbonyl (C=O) groups excluding carboxylic acids is 1.